The van der Waals surface area contributed by atoms with Crippen LogP contribution >= 0.6 is 0 Å². The zero-order chi connectivity index (χ0) is 14.7. The van der Waals surface area contributed by atoms with Crippen molar-refractivity contribution in [2.75, 3.05) is 42.3 Å². The van der Waals surface area contributed by atoms with Crippen molar-refractivity contribution in [3.8, 4) is 0 Å². The maximum Gasteiger partial charge on any atom is 0.232 e. The Balaban J connectivity index is 1.84. The quantitative estimate of drug-likeness (QED) is 0.898. The Hall–Kier alpha value is -2.31. The smallest absolute Gasteiger partial charge is 0.232 e. The highest BCUT2D eigenvalue weighted by Crippen LogP contribution is 2.20. The van der Waals surface area contributed by atoms with Gasteiger partial charge in [0.1, 0.15) is 5.76 Å². The summed E-state index contributed by atoms with van der Waals surface area (Å²) < 4.78 is 5.37. The molecular formula is C14H20N6O. The normalized spacial score (nSPS) is 14.5. The Morgan fingerprint density at radius 3 is 2.76 bits per heavy atom. The zero-order valence-corrected chi connectivity index (χ0v) is 12.4. The summed E-state index contributed by atoms with van der Waals surface area (Å²) in [5, 5.41) is 3.01. The minimum atomic E-state index is 0.591. The molecule has 1 fully saturated rings. The molecule has 1 saturated heterocycles. The summed E-state index contributed by atoms with van der Waals surface area (Å²) in [5.74, 6) is 2.86. The molecule has 2 aromatic rings. The minimum absolute atomic E-state index is 0.591. The van der Waals surface area contributed by atoms with Gasteiger partial charge >= 0.3 is 0 Å². The summed E-state index contributed by atoms with van der Waals surface area (Å²) in [4.78, 5) is 17.6. The van der Waals surface area contributed by atoms with Crippen LogP contribution in [0.4, 0.5) is 17.8 Å². The Morgan fingerprint density at radius 1 is 1.29 bits per heavy atom. The predicted molar refractivity (Wildman–Crippen MR) is 81.6 cm³/mol. The number of aromatic nitrogens is 3. The molecule has 0 aliphatic carbocycles. The van der Waals surface area contributed by atoms with Crippen LogP contribution in [0.15, 0.2) is 22.8 Å². The lowest BCUT2D eigenvalue weighted by Crippen LogP contribution is -2.25. The fourth-order valence-electron chi connectivity index (χ4n) is 2.40. The van der Waals surface area contributed by atoms with Crippen LogP contribution in [-0.4, -0.2) is 42.1 Å². The SMILES string of the molecule is CNc1nc(N(C)Cc2ccco2)nc(N2CCCC2)n1. The maximum absolute atomic E-state index is 5.37. The molecule has 3 heterocycles. The molecule has 7 nitrogen and oxygen atoms in total. The maximum atomic E-state index is 5.37. The Labute approximate surface area is 124 Å². The van der Waals surface area contributed by atoms with Crippen molar-refractivity contribution in [3.05, 3.63) is 24.2 Å². The molecule has 1 aliphatic heterocycles. The van der Waals surface area contributed by atoms with Crippen LogP contribution in [0, 0.1) is 0 Å². The molecule has 0 aromatic carbocycles. The van der Waals surface area contributed by atoms with Gasteiger partial charge in [0.15, 0.2) is 0 Å². The first-order chi connectivity index (χ1) is 10.3. The van der Waals surface area contributed by atoms with Crippen LogP contribution in [0.1, 0.15) is 18.6 Å². The van der Waals surface area contributed by atoms with Gasteiger partial charge in [0.05, 0.1) is 12.8 Å². The molecule has 0 saturated carbocycles. The third kappa shape index (κ3) is 3.07. The highest BCUT2D eigenvalue weighted by atomic mass is 16.3. The van der Waals surface area contributed by atoms with Gasteiger partial charge in [-0.1, -0.05) is 0 Å². The van der Waals surface area contributed by atoms with Gasteiger partial charge in [-0.2, -0.15) is 15.0 Å². The predicted octanol–water partition coefficient (Wildman–Crippen LogP) is 1.74. The van der Waals surface area contributed by atoms with Crippen LogP contribution in [-0.2, 0) is 6.54 Å². The van der Waals surface area contributed by atoms with Gasteiger partial charge in [-0.25, -0.2) is 0 Å². The van der Waals surface area contributed by atoms with E-state index in [0.717, 1.165) is 24.8 Å². The second-order valence-corrected chi connectivity index (χ2v) is 5.14. The largest absolute Gasteiger partial charge is 0.467 e. The van der Waals surface area contributed by atoms with E-state index in [1.54, 1.807) is 6.26 Å². The van der Waals surface area contributed by atoms with Gasteiger partial charge in [0, 0.05) is 27.2 Å². The lowest BCUT2D eigenvalue weighted by molar-refractivity contribution is 0.506. The van der Waals surface area contributed by atoms with Crippen molar-refractivity contribution in [2.24, 2.45) is 0 Å². The van der Waals surface area contributed by atoms with Crippen molar-refractivity contribution in [1.82, 2.24) is 15.0 Å². The van der Waals surface area contributed by atoms with E-state index >= 15 is 0 Å². The Kier molecular flexibility index (Phi) is 3.89. The molecule has 21 heavy (non-hydrogen) atoms. The van der Waals surface area contributed by atoms with Gasteiger partial charge in [-0.05, 0) is 25.0 Å². The molecule has 0 atom stereocenters. The van der Waals surface area contributed by atoms with Gasteiger partial charge in [-0.15, -0.1) is 0 Å². The number of rotatable bonds is 5. The second-order valence-electron chi connectivity index (χ2n) is 5.14. The van der Waals surface area contributed by atoms with E-state index in [2.05, 4.69) is 25.2 Å². The van der Waals surface area contributed by atoms with Gasteiger partial charge in [0.25, 0.3) is 0 Å². The van der Waals surface area contributed by atoms with Crippen LogP contribution in [0.3, 0.4) is 0 Å². The average molecular weight is 288 g/mol. The topological polar surface area (TPSA) is 70.3 Å². The van der Waals surface area contributed by atoms with E-state index in [4.69, 9.17) is 4.42 Å². The first-order valence-electron chi connectivity index (χ1n) is 7.18. The van der Waals surface area contributed by atoms with Gasteiger partial charge < -0.3 is 19.5 Å². The lowest BCUT2D eigenvalue weighted by atomic mass is 10.4. The summed E-state index contributed by atoms with van der Waals surface area (Å²) in [6.45, 7) is 2.64. The highest BCUT2D eigenvalue weighted by molar-refractivity contribution is 5.45. The molecule has 0 radical (unpaired) electrons. The Bertz CT molecular complexity index is 579. The summed E-state index contributed by atoms with van der Waals surface area (Å²) in [5.41, 5.74) is 0. The van der Waals surface area contributed by atoms with Crippen molar-refractivity contribution in [2.45, 2.75) is 19.4 Å². The third-order valence-corrected chi connectivity index (χ3v) is 3.54. The lowest BCUT2D eigenvalue weighted by Gasteiger charge is -2.20. The molecule has 3 rings (SSSR count). The molecule has 0 bridgehead atoms. The number of nitrogens with zero attached hydrogens (tertiary/aromatic N) is 5. The fourth-order valence-corrected chi connectivity index (χ4v) is 2.40. The zero-order valence-electron chi connectivity index (χ0n) is 12.4. The van der Waals surface area contributed by atoms with E-state index in [1.165, 1.54) is 12.8 Å². The van der Waals surface area contributed by atoms with Crippen LogP contribution in [0.2, 0.25) is 0 Å². The Morgan fingerprint density at radius 2 is 2.10 bits per heavy atom. The summed E-state index contributed by atoms with van der Waals surface area (Å²) in [7, 11) is 3.77. The second kappa shape index (κ2) is 5.99. The van der Waals surface area contributed by atoms with E-state index in [9.17, 15) is 0 Å². The van der Waals surface area contributed by atoms with Crippen molar-refractivity contribution in [1.29, 1.82) is 0 Å². The number of furan rings is 1. The molecule has 1 aliphatic rings. The van der Waals surface area contributed by atoms with Crippen molar-refractivity contribution in [3.63, 3.8) is 0 Å². The monoisotopic (exact) mass is 288 g/mol. The first-order valence-corrected chi connectivity index (χ1v) is 7.18. The summed E-state index contributed by atoms with van der Waals surface area (Å²) in [6, 6.07) is 3.82. The standard InChI is InChI=1S/C14H20N6O/c1-15-12-16-13(19(2)10-11-6-5-9-21-11)18-14(17-12)20-7-3-4-8-20/h5-6,9H,3-4,7-8,10H2,1-2H3,(H,15,16,17,18). The number of nitrogens with one attached hydrogen (secondary N) is 1. The molecule has 7 heteroatoms. The van der Waals surface area contributed by atoms with Crippen LogP contribution < -0.4 is 15.1 Å². The summed E-state index contributed by atoms with van der Waals surface area (Å²) >= 11 is 0. The van der Waals surface area contributed by atoms with Crippen LogP contribution in [0.5, 0.6) is 0 Å². The first kappa shape index (κ1) is 13.7. The van der Waals surface area contributed by atoms with E-state index in [-0.39, 0.29) is 0 Å². The van der Waals surface area contributed by atoms with Crippen LogP contribution in [0.25, 0.3) is 0 Å². The molecule has 112 valence electrons. The van der Waals surface area contributed by atoms with E-state index in [1.807, 2.05) is 31.1 Å². The summed E-state index contributed by atoms with van der Waals surface area (Å²) in [6.07, 6.45) is 4.06. The molecule has 0 amide bonds. The van der Waals surface area contributed by atoms with Crippen molar-refractivity contribution >= 4 is 17.8 Å². The molecular weight excluding hydrogens is 268 g/mol. The number of hydrogen-bond acceptors (Lipinski definition) is 7. The molecule has 0 unspecified atom stereocenters. The number of anilines is 3. The minimum Gasteiger partial charge on any atom is -0.467 e. The molecule has 1 N–H and O–H groups in total. The van der Waals surface area contributed by atoms with E-state index < -0.39 is 0 Å². The molecule has 2 aromatic heterocycles. The van der Waals surface area contributed by atoms with Gasteiger partial charge in [0.2, 0.25) is 17.8 Å². The fraction of sp³-hybridized carbons (Fsp3) is 0.500. The van der Waals surface area contributed by atoms with Crippen molar-refractivity contribution < 1.29 is 4.42 Å². The highest BCUT2D eigenvalue weighted by Gasteiger charge is 2.18. The molecule has 0 spiro atoms. The average Bonchev–Trinajstić information content (AvgIpc) is 3.20. The number of hydrogen-bond donors (Lipinski definition) is 1. The third-order valence-electron chi connectivity index (χ3n) is 3.54. The van der Waals surface area contributed by atoms with Gasteiger partial charge in [-0.3, -0.25) is 0 Å². The van der Waals surface area contributed by atoms with E-state index in [0.29, 0.717) is 18.4 Å².